The Morgan fingerprint density at radius 2 is 2.06 bits per heavy atom. The zero-order valence-corrected chi connectivity index (χ0v) is 11.2. The standard InChI is InChI=1S/C12H21N3O2/c1-9-10(13-4)14-8-15-11(9)17-7-6-12(2,3)16-5/h8H,6-7H2,1-5H3,(H,13,14,15). The Morgan fingerprint density at radius 3 is 2.65 bits per heavy atom. The highest BCUT2D eigenvalue weighted by atomic mass is 16.5. The smallest absolute Gasteiger partial charge is 0.221 e. The van der Waals surface area contributed by atoms with E-state index in [-0.39, 0.29) is 5.60 Å². The summed E-state index contributed by atoms with van der Waals surface area (Å²) in [4.78, 5) is 8.22. The maximum Gasteiger partial charge on any atom is 0.221 e. The van der Waals surface area contributed by atoms with Crippen molar-refractivity contribution < 1.29 is 9.47 Å². The first kappa shape index (κ1) is 13.7. The molecule has 1 aromatic heterocycles. The fourth-order valence-corrected chi connectivity index (χ4v) is 1.33. The molecule has 1 rings (SSSR count). The van der Waals surface area contributed by atoms with Crippen LogP contribution in [0.5, 0.6) is 5.88 Å². The molecule has 5 heteroatoms. The second-order valence-electron chi connectivity index (χ2n) is 4.46. The van der Waals surface area contributed by atoms with E-state index in [2.05, 4.69) is 15.3 Å². The van der Waals surface area contributed by atoms with Gasteiger partial charge in [-0.05, 0) is 20.8 Å². The Labute approximate surface area is 103 Å². The van der Waals surface area contributed by atoms with Gasteiger partial charge >= 0.3 is 0 Å². The zero-order chi connectivity index (χ0) is 12.9. The molecule has 0 spiro atoms. The highest BCUT2D eigenvalue weighted by molar-refractivity contribution is 5.46. The van der Waals surface area contributed by atoms with Crippen LogP contribution in [-0.4, -0.2) is 36.3 Å². The van der Waals surface area contributed by atoms with Crippen molar-refractivity contribution in [2.45, 2.75) is 32.8 Å². The Kier molecular flexibility index (Phi) is 4.69. The van der Waals surface area contributed by atoms with Crippen molar-refractivity contribution in [1.29, 1.82) is 0 Å². The van der Waals surface area contributed by atoms with Crippen molar-refractivity contribution in [3.63, 3.8) is 0 Å². The van der Waals surface area contributed by atoms with E-state index in [0.717, 1.165) is 17.8 Å². The fourth-order valence-electron chi connectivity index (χ4n) is 1.33. The molecule has 0 amide bonds. The fraction of sp³-hybridized carbons (Fsp3) is 0.667. The van der Waals surface area contributed by atoms with Crippen LogP contribution in [0.15, 0.2) is 6.33 Å². The van der Waals surface area contributed by atoms with Gasteiger partial charge in [0.15, 0.2) is 0 Å². The normalized spacial score (nSPS) is 11.4. The van der Waals surface area contributed by atoms with Crippen molar-refractivity contribution >= 4 is 5.82 Å². The Balaban J connectivity index is 2.58. The highest BCUT2D eigenvalue weighted by Crippen LogP contribution is 2.21. The van der Waals surface area contributed by atoms with Gasteiger partial charge in [-0.25, -0.2) is 9.97 Å². The molecule has 0 aromatic carbocycles. The van der Waals surface area contributed by atoms with E-state index in [1.165, 1.54) is 6.33 Å². The van der Waals surface area contributed by atoms with Crippen molar-refractivity contribution in [2.24, 2.45) is 0 Å². The van der Waals surface area contributed by atoms with Gasteiger partial charge in [-0.1, -0.05) is 0 Å². The summed E-state index contributed by atoms with van der Waals surface area (Å²) in [6, 6.07) is 0. The lowest BCUT2D eigenvalue weighted by Crippen LogP contribution is -2.25. The molecule has 96 valence electrons. The maximum absolute atomic E-state index is 5.65. The number of ether oxygens (including phenoxy) is 2. The summed E-state index contributed by atoms with van der Waals surface area (Å²) in [6.07, 6.45) is 2.30. The summed E-state index contributed by atoms with van der Waals surface area (Å²) in [6.45, 7) is 6.56. The maximum atomic E-state index is 5.65. The topological polar surface area (TPSA) is 56.3 Å². The molecule has 0 aliphatic rings. The largest absolute Gasteiger partial charge is 0.477 e. The van der Waals surface area contributed by atoms with Crippen molar-refractivity contribution in [3.8, 4) is 5.88 Å². The third-order valence-corrected chi connectivity index (χ3v) is 2.77. The van der Waals surface area contributed by atoms with Crippen LogP contribution in [0.25, 0.3) is 0 Å². The zero-order valence-electron chi connectivity index (χ0n) is 11.2. The van der Waals surface area contributed by atoms with Gasteiger partial charge in [0, 0.05) is 20.6 Å². The first-order valence-corrected chi connectivity index (χ1v) is 5.67. The molecule has 0 aliphatic heterocycles. The molecular formula is C12H21N3O2. The van der Waals surface area contributed by atoms with Crippen molar-refractivity contribution in [1.82, 2.24) is 9.97 Å². The molecular weight excluding hydrogens is 218 g/mol. The molecule has 0 bridgehead atoms. The molecule has 0 fully saturated rings. The number of nitrogens with zero attached hydrogens (tertiary/aromatic N) is 2. The van der Waals surface area contributed by atoms with E-state index in [4.69, 9.17) is 9.47 Å². The number of aromatic nitrogens is 2. The van der Waals surface area contributed by atoms with Crippen molar-refractivity contribution in [2.75, 3.05) is 26.1 Å². The summed E-state index contributed by atoms with van der Waals surface area (Å²) < 4.78 is 11.0. The number of anilines is 1. The van der Waals surface area contributed by atoms with Crippen LogP contribution in [0.4, 0.5) is 5.82 Å². The Bertz CT molecular complexity index is 367. The predicted octanol–water partition coefficient (Wildman–Crippen LogP) is 2.02. The van der Waals surface area contributed by atoms with E-state index >= 15 is 0 Å². The van der Waals surface area contributed by atoms with Crippen LogP contribution in [0.2, 0.25) is 0 Å². The summed E-state index contributed by atoms with van der Waals surface area (Å²) >= 11 is 0. The van der Waals surface area contributed by atoms with Gasteiger partial charge in [0.25, 0.3) is 0 Å². The van der Waals surface area contributed by atoms with Gasteiger partial charge < -0.3 is 14.8 Å². The summed E-state index contributed by atoms with van der Waals surface area (Å²) in [5.41, 5.74) is 0.748. The van der Waals surface area contributed by atoms with Crippen molar-refractivity contribution in [3.05, 3.63) is 11.9 Å². The molecule has 1 N–H and O–H groups in total. The second kappa shape index (κ2) is 5.82. The van der Waals surface area contributed by atoms with E-state index in [0.29, 0.717) is 12.5 Å². The SMILES string of the molecule is CNc1ncnc(OCCC(C)(C)OC)c1C. The number of hydrogen-bond acceptors (Lipinski definition) is 5. The minimum atomic E-state index is -0.174. The molecule has 1 aromatic rings. The lowest BCUT2D eigenvalue weighted by atomic mass is 10.1. The molecule has 0 unspecified atom stereocenters. The lowest BCUT2D eigenvalue weighted by molar-refractivity contribution is 0.00502. The Morgan fingerprint density at radius 1 is 1.35 bits per heavy atom. The first-order chi connectivity index (χ1) is 8.00. The third-order valence-electron chi connectivity index (χ3n) is 2.77. The van der Waals surface area contributed by atoms with E-state index in [1.54, 1.807) is 7.11 Å². The van der Waals surface area contributed by atoms with Crippen LogP contribution in [0.1, 0.15) is 25.8 Å². The number of hydrogen-bond donors (Lipinski definition) is 1. The van der Waals surface area contributed by atoms with Gasteiger partial charge in [0.2, 0.25) is 5.88 Å². The molecule has 0 saturated carbocycles. The molecule has 0 atom stereocenters. The number of methoxy groups -OCH3 is 1. The average Bonchev–Trinajstić information content (AvgIpc) is 2.31. The monoisotopic (exact) mass is 239 g/mol. The minimum absolute atomic E-state index is 0.174. The third kappa shape index (κ3) is 3.85. The van der Waals surface area contributed by atoms with Gasteiger partial charge in [0.1, 0.15) is 12.1 Å². The minimum Gasteiger partial charge on any atom is -0.477 e. The summed E-state index contributed by atoms with van der Waals surface area (Å²) in [5, 5.41) is 3.00. The van der Waals surface area contributed by atoms with Gasteiger partial charge in [-0.15, -0.1) is 0 Å². The molecule has 1 heterocycles. The number of nitrogens with one attached hydrogen (secondary N) is 1. The van der Waals surface area contributed by atoms with Crippen LogP contribution in [-0.2, 0) is 4.74 Å². The molecule has 0 radical (unpaired) electrons. The quantitative estimate of drug-likeness (QED) is 0.823. The Hall–Kier alpha value is -1.36. The summed E-state index contributed by atoms with van der Waals surface area (Å²) in [7, 11) is 3.53. The van der Waals surface area contributed by atoms with E-state index < -0.39 is 0 Å². The van der Waals surface area contributed by atoms with Crippen LogP contribution in [0.3, 0.4) is 0 Å². The number of rotatable bonds is 6. The predicted molar refractivity (Wildman–Crippen MR) is 67.5 cm³/mol. The van der Waals surface area contributed by atoms with Gasteiger partial charge in [-0.2, -0.15) is 0 Å². The van der Waals surface area contributed by atoms with Crippen LogP contribution in [0, 0.1) is 6.92 Å². The average molecular weight is 239 g/mol. The van der Waals surface area contributed by atoms with Gasteiger partial charge in [-0.3, -0.25) is 0 Å². The molecule has 17 heavy (non-hydrogen) atoms. The molecule has 0 saturated heterocycles. The molecule has 5 nitrogen and oxygen atoms in total. The lowest BCUT2D eigenvalue weighted by Gasteiger charge is -2.22. The second-order valence-corrected chi connectivity index (χ2v) is 4.46. The molecule has 0 aliphatic carbocycles. The first-order valence-electron chi connectivity index (χ1n) is 5.67. The van der Waals surface area contributed by atoms with Crippen LogP contribution < -0.4 is 10.1 Å². The summed E-state index contributed by atoms with van der Waals surface area (Å²) in [5.74, 6) is 1.41. The highest BCUT2D eigenvalue weighted by Gasteiger charge is 2.16. The van der Waals surface area contributed by atoms with E-state index in [9.17, 15) is 0 Å². The van der Waals surface area contributed by atoms with E-state index in [1.807, 2.05) is 27.8 Å². The van der Waals surface area contributed by atoms with Crippen LogP contribution >= 0.6 is 0 Å². The van der Waals surface area contributed by atoms with Gasteiger partial charge in [0.05, 0.1) is 17.8 Å².